The molecule has 1 aromatic heterocycles. The lowest BCUT2D eigenvalue weighted by Crippen LogP contribution is -2.20. The second-order valence-corrected chi connectivity index (χ2v) is 4.09. The van der Waals surface area contributed by atoms with E-state index in [1.165, 1.54) is 11.5 Å². The number of aryl methyl sites for hydroxylation is 1. The molecular weight excluding hydrogens is 212 g/mol. The summed E-state index contributed by atoms with van der Waals surface area (Å²) in [7, 11) is 0. The molecule has 0 unspecified atom stereocenters. The lowest BCUT2D eigenvalue weighted by molar-refractivity contribution is -0.116. The summed E-state index contributed by atoms with van der Waals surface area (Å²) >= 11 is 0. The number of hydrogen-bond donors (Lipinski definition) is 2. The third-order valence-electron chi connectivity index (χ3n) is 2.60. The highest BCUT2D eigenvalue weighted by Gasteiger charge is 2.00. The monoisotopic (exact) mass is 228 g/mol. The van der Waals surface area contributed by atoms with Gasteiger partial charge >= 0.3 is 0 Å². The van der Waals surface area contributed by atoms with Crippen LogP contribution in [0.3, 0.4) is 0 Å². The molecular formula is C14H16N2O. The van der Waals surface area contributed by atoms with Crippen LogP contribution >= 0.6 is 0 Å². The van der Waals surface area contributed by atoms with Gasteiger partial charge in [0.2, 0.25) is 5.91 Å². The standard InChI is InChI=1S/C14H16N2O/c1-3-4-14(17)15-9-11-5-6-13-12(8-11)7-10(2)16-13/h3-8,16H,9H2,1-2H3,(H,15,17). The Balaban J connectivity index is 2.11. The summed E-state index contributed by atoms with van der Waals surface area (Å²) in [6.07, 6.45) is 3.26. The number of amides is 1. The minimum atomic E-state index is -0.0575. The highest BCUT2D eigenvalue weighted by Crippen LogP contribution is 2.16. The SMILES string of the molecule is CC=CC(=O)NCc1ccc2[nH]c(C)cc2c1. The Kier molecular flexibility index (Phi) is 3.28. The van der Waals surface area contributed by atoms with Crippen molar-refractivity contribution in [2.24, 2.45) is 0 Å². The van der Waals surface area contributed by atoms with E-state index in [1.807, 2.05) is 26.0 Å². The van der Waals surface area contributed by atoms with E-state index in [0.717, 1.165) is 16.8 Å². The van der Waals surface area contributed by atoms with Gasteiger partial charge in [0.05, 0.1) is 0 Å². The van der Waals surface area contributed by atoms with Crippen molar-refractivity contribution in [2.75, 3.05) is 0 Å². The maximum atomic E-state index is 11.3. The molecule has 88 valence electrons. The van der Waals surface area contributed by atoms with Crippen molar-refractivity contribution in [2.45, 2.75) is 20.4 Å². The summed E-state index contributed by atoms with van der Waals surface area (Å²) < 4.78 is 0. The van der Waals surface area contributed by atoms with Crippen molar-refractivity contribution < 1.29 is 4.79 Å². The Hall–Kier alpha value is -2.03. The number of benzene rings is 1. The number of rotatable bonds is 3. The number of hydrogen-bond acceptors (Lipinski definition) is 1. The lowest BCUT2D eigenvalue weighted by atomic mass is 10.1. The average molecular weight is 228 g/mol. The molecule has 0 bridgehead atoms. The van der Waals surface area contributed by atoms with Gasteiger partial charge in [-0.2, -0.15) is 0 Å². The first-order chi connectivity index (χ1) is 8.19. The maximum absolute atomic E-state index is 11.3. The summed E-state index contributed by atoms with van der Waals surface area (Å²) in [4.78, 5) is 14.6. The second-order valence-electron chi connectivity index (χ2n) is 4.09. The Morgan fingerprint density at radius 2 is 2.24 bits per heavy atom. The van der Waals surface area contributed by atoms with Gasteiger partial charge in [0.25, 0.3) is 0 Å². The van der Waals surface area contributed by atoms with E-state index in [4.69, 9.17) is 0 Å². The summed E-state index contributed by atoms with van der Waals surface area (Å²) in [5, 5.41) is 4.02. The van der Waals surface area contributed by atoms with Crippen LogP contribution in [0, 0.1) is 6.92 Å². The highest BCUT2D eigenvalue weighted by atomic mass is 16.1. The van der Waals surface area contributed by atoms with Gasteiger partial charge in [0, 0.05) is 17.8 Å². The van der Waals surface area contributed by atoms with E-state index in [-0.39, 0.29) is 5.91 Å². The van der Waals surface area contributed by atoms with Gasteiger partial charge in [0.15, 0.2) is 0 Å². The Bertz CT molecular complexity index is 567. The molecule has 0 radical (unpaired) electrons. The molecule has 1 heterocycles. The van der Waals surface area contributed by atoms with Gasteiger partial charge in [-0.1, -0.05) is 12.1 Å². The zero-order valence-corrected chi connectivity index (χ0v) is 10.1. The van der Waals surface area contributed by atoms with Crippen molar-refractivity contribution in [1.29, 1.82) is 0 Å². The normalized spacial score (nSPS) is 11.2. The van der Waals surface area contributed by atoms with E-state index in [2.05, 4.69) is 22.4 Å². The van der Waals surface area contributed by atoms with Crippen LogP contribution in [0.4, 0.5) is 0 Å². The Morgan fingerprint density at radius 3 is 3.00 bits per heavy atom. The molecule has 0 aliphatic carbocycles. The number of H-pyrrole nitrogens is 1. The van der Waals surface area contributed by atoms with Crippen LogP contribution in [0.2, 0.25) is 0 Å². The summed E-state index contributed by atoms with van der Waals surface area (Å²) in [5.41, 5.74) is 3.38. The van der Waals surface area contributed by atoms with Gasteiger partial charge in [0.1, 0.15) is 0 Å². The molecule has 3 heteroatoms. The van der Waals surface area contributed by atoms with Crippen LogP contribution in [0.5, 0.6) is 0 Å². The molecule has 0 aliphatic rings. The number of aromatic amines is 1. The van der Waals surface area contributed by atoms with Gasteiger partial charge in [-0.25, -0.2) is 0 Å². The molecule has 0 aliphatic heterocycles. The van der Waals surface area contributed by atoms with Crippen molar-refractivity contribution in [3.8, 4) is 0 Å². The van der Waals surface area contributed by atoms with Crippen LogP contribution in [-0.4, -0.2) is 10.9 Å². The molecule has 2 N–H and O–H groups in total. The summed E-state index contributed by atoms with van der Waals surface area (Å²) in [5.74, 6) is -0.0575. The minimum absolute atomic E-state index is 0.0575. The van der Waals surface area contributed by atoms with Crippen LogP contribution < -0.4 is 5.32 Å². The first kappa shape index (κ1) is 11.5. The first-order valence-electron chi connectivity index (χ1n) is 5.68. The van der Waals surface area contributed by atoms with Gasteiger partial charge in [-0.05, 0) is 49.1 Å². The Morgan fingerprint density at radius 1 is 1.41 bits per heavy atom. The maximum Gasteiger partial charge on any atom is 0.243 e. The molecule has 1 amide bonds. The van der Waals surface area contributed by atoms with E-state index in [9.17, 15) is 4.79 Å². The molecule has 1 aromatic carbocycles. The van der Waals surface area contributed by atoms with Crippen LogP contribution in [0.25, 0.3) is 10.9 Å². The van der Waals surface area contributed by atoms with Crippen LogP contribution in [0.15, 0.2) is 36.4 Å². The van der Waals surface area contributed by atoms with Crippen molar-refractivity contribution in [3.05, 3.63) is 47.7 Å². The molecule has 0 saturated carbocycles. The number of aromatic nitrogens is 1. The van der Waals surface area contributed by atoms with E-state index < -0.39 is 0 Å². The zero-order chi connectivity index (χ0) is 12.3. The van der Waals surface area contributed by atoms with Crippen molar-refractivity contribution >= 4 is 16.8 Å². The number of fused-ring (bicyclic) bond motifs is 1. The fourth-order valence-electron chi connectivity index (χ4n) is 1.84. The fourth-order valence-corrected chi connectivity index (χ4v) is 1.84. The van der Waals surface area contributed by atoms with E-state index in [0.29, 0.717) is 6.54 Å². The second kappa shape index (κ2) is 4.87. The third-order valence-corrected chi connectivity index (χ3v) is 2.60. The van der Waals surface area contributed by atoms with Crippen LogP contribution in [0.1, 0.15) is 18.2 Å². The first-order valence-corrected chi connectivity index (χ1v) is 5.68. The minimum Gasteiger partial charge on any atom is -0.359 e. The summed E-state index contributed by atoms with van der Waals surface area (Å²) in [6, 6.07) is 8.26. The van der Waals surface area contributed by atoms with Gasteiger partial charge < -0.3 is 10.3 Å². The smallest absolute Gasteiger partial charge is 0.243 e. The third kappa shape index (κ3) is 2.75. The molecule has 0 atom stereocenters. The van der Waals surface area contributed by atoms with Crippen molar-refractivity contribution in [3.63, 3.8) is 0 Å². The molecule has 0 fully saturated rings. The number of carbonyl (C=O) groups is 1. The van der Waals surface area contributed by atoms with Crippen molar-refractivity contribution in [1.82, 2.24) is 10.3 Å². The molecule has 2 aromatic rings. The highest BCUT2D eigenvalue weighted by molar-refractivity contribution is 5.87. The Labute approximate surface area is 101 Å². The van der Waals surface area contributed by atoms with E-state index in [1.54, 1.807) is 6.08 Å². The number of carbonyl (C=O) groups excluding carboxylic acids is 1. The number of nitrogens with one attached hydrogen (secondary N) is 2. The molecule has 2 rings (SSSR count). The quantitative estimate of drug-likeness (QED) is 0.779. The van der Waals surface area contributed by atoms with Gasteiger partial charge in [-0.15, -0.1) is 0 Å². The van der Waals surface area contributed by atoms with Crippen LogP contribution in [-0.2, 0) is 11.3 Å². The molecule has 0 spiro atoms. The van der Waals surface area contributed by atoms with E-state index >= 15 is 0 Å². The average Bonchev–Trinajstić information content (AvgIpc) is 2.66. The lowest BCUT2D eigenvalue weighted by Gasteiger charge is -2.02. The summed E-state index contributed by atoms with van der Waals surface area (Å²) in [6.45, 7) is 4.42. The van der Waals surface area contributed by atoms with Gasteiger partial charge in [-0.3, -0.25) is 4.79 Å². The number of allylic oxidation sites excluding steroid dienone is 1. The predicted molar refractivity (Wildman–Crippen MR) is 69.7 cm³/mol. The zero-order valence-electron chi connectivity index (χ0n) is 10.1. The fraction of sp³-hybridized carbons (Fsp3) is 0.214. The molecule has 17 heavy (non-hydrogen) atoms. The molecule has 0 saturated heterocycles. The topological polar surface area (TPSA) is 44.9 Å². The molecule has 3 nitrogen and oxygen atoms in total. The predicted octanol–water partition coefficient (Wildman–Crippen LogP) is 2.67. The largest absolute Gasteiger partial charge is 0.359 e.